The smallest absolute Gasteiger partial charge is 0.256 e. The molecule has 2 fully saturated rings. The number of likely N-dealkylation sites (tertiary alicyclic amines) is 1. The van der Waals surface area contributed by atoms with Gasteiger partial charge in [-0.3, -0.25) is 19.5 Å². The van der Waals surface area contributed by atoms with Gasteiger partial charge in [0.05, 0.1) is 5.56 Å². The van der Waals surface area contributed by atoms with Crippen molar-refractivity contribution in [2.24, 2.45) is 0 Å². The van der Waals surface area contributed by atoms with Gasteiger partial charge in [-0.05, 0) is 35.6 Å². The van der Waals surface area contributed by atoms with Crippen LogP contribution in [0, 0.1) is 0 Å². The number of aromatic nitrogens is 1. The van der Waals surface area contributed by atoms with Gasteiger partial charge in [-0.25, -0.2) is 0 Å². The quantitative estimate of drug-likeness (QED) is 0.553. The van der Waals surface area contributed by atoms with Crippen LogP contribution < -0.4 is 5.32 Å². The third-order valence-corrected chi connectivity index (χ3v) is 7.71. The third-order valence-electron chi connectivity index (χ3n) is 6.85. The molecule has 0 radical (unpaired) electrons. The first-order valence-corrected chi connectivity index (χ1v) is 13.1. The topological polar surface area (TPSA) is 68.8 Å². The van der Waals surface area contributed by atoms with Gasteiger partial charge < -0.3 is 15.1 Å². The van der Waals surface area contributed by atoms with Gasteiger partial charge in [-0.15, -0.1) is 11.3 Å². The minimum absolute atomic E-state index is 0.0574. The summed E-state index contributed by atoms with van der Waals surface area (Å²) in [6, 6.07) is 17.8. The second-order valence-electron chi connectivity index (χ2n) is 9.15. The maximum atomic E-state index is 13.7. The molecule has 0 bridgehead atoms. The van der Waals surface area contributed by atoms with Crippen molar-refractivity contribution in [1.82, 2.24) is 25.0 Å². The molecule has 8 heteroatoms. The van der Waals surface area contributed by atoms with Crippen molar-refractivity contribution in [3.63, 3.8) is 0 Å². The Morgan fingerprint density at radius 3 is 2.57 bits per heavy atom. The molecule has 2 aromatic heterocycles. The maximum Gasteiger partial charge on any atom is 0.256 e. The lowest BCUT2D eigenvalue weighted by Gasteiger charge is -2.32. The summed E-state index contributed by atoms with van der Waals surface area (Å²) in [4.78, 5) is 38.8. The van der Waals surface area contributed by atoms with Crippen LogP contribution in [0.1, 0.15) is 27.2 Å². The Labute approximate surface area is 210 Å². The summed E-state index contributed by atoms with van der Waals surface area (Å²) in [5.74, 6) is -0.0631. The lowest BCUT2D eigenvalue weighted by atomic mass is 10.1. The number of rotatable bonds is 7. The predicted molar refractivity (Wildman–Crippen MR) is 137 cm³/mol. The van der Waals surface area contributed by atoms with Crippen LogP contribution in [0.2, 0.25) is 0 Å². The Morgan fingerprint density at radius 2 is 1.86 bits per heavy atom. The van der Waals surface area contributed by atoms with E-state index in [2.05, 4.69) is 57.0 Å². The number of nitrogens with zero attached hydrogens (tertiary/aromatic N) is 4. The van der Waals surface area contributed by atoms with E-state index in [1.165, 1.54) is 10.4 Å². The summed E-state index contributed by atoms with van der Waals surface area (Å²) in [7, 11) is 0. The first kappa shape index (κ1) is 23.7. The number of nitrogens with one attached hydrogen (secondary N) is 1. The van der Waals surface area contributed by atoms with E-state index in [0.29, 0.717) is 31.6 Å². The number of piperazine rings is 1. The van der Waals surface area contributed by atoms with Crippen molar-refractivity contribution in [2.45, 2.75) is 31.6 Å². The van der Waals surface area contributed by atoms with E-state index in [1.807, 2.05) is 11.0 Å². The van der Waals surface area contributed by atoms with Crippen molar-refractivity contribution in [2.75, 3.05) is 32.7 Å². The Balaban J connectivity index is 1.42. The number of amides is 2. The van der Waals surface area contributed by atoms with Gasteiger partial charge in [-0.1, -0.05) is 36.4 Å². The van der Waals surface area contributed by atoms with E-state index < -0.39 is 6.04 Å². The molecule has 2 unspecified atom stereocenters. The monoisotopic (exact) mass is 489 g/mol. The van der Waals surface area contributed by atoms with E-state index in [4.69, 9.17) is 0 Å². The van der Waals surface area contributed by atoms with Gasteiger partial charge in [-0.2, -0.15) is 0 Å². The normalized spacial score (nSPS) is 20.4. The lowest BCUT2D eigenvalue weighted by Crippen LogP contribution is -2.53. The second kappa shape index (κ2) is 11.1. The van der Waals surface area contributed by atoms with Crippen LogP contribution in [0.5, 0.6) is 0 Å². The molecule has 4 heterocycles. The predicted octanol–water partition coefficient (Wildman–Crippen LogP) is 2.86. The highest BCUT2D eigenvalue weighted by molar-refractivity contribution is 7.09. The molecular weight excluding hydrogens is 458 g/mol. The lowest BCUT2D eigenvalue weighted by molar-refractivity contribution is -0.135. The summed E-state index contributed by atoms with van der Waals surface area (Å²) in [6.45, 7) is 5.02. The van der Waals surface area contributed by atoms with Crippen LogP contribution in [0.15, 0.2) is 72.4 Å². The molecule has 2 saturated heterocycles. The molecule has 2 aliphatic heterocycles. The summed E-state index contributed by atoms with van der Waals surface area (Å²) in [5.41, 5.74) is 1.75. The highest BCUT2D eigenvalue weighted by atomic mass is 32.1. The number of carbonyl (C=O) groups is 2. The fourth-order valence-corrected chi connectivity index (χ4v) is 5.75. The van der Waals surface area contributed by atoms with E-state index in [1.54, 1.807) is 40.8 Å². The summed E-state index contributed by atoms with van der Waals surface area (Å²) in [6.07, 6.45) is 3.89. The van der Waals surface area contributed by atoms with Gasteiger partial charge in [0.2, 0.25) is 5.91 Å². The molecule has 1 aromatic carbocycles. The number of benzene rings is 1. The van der Waals surface area contributed by atoms with E-state index in [-0.39, 0.29) is 17.9 Å². The second-order valence-corrected chi connectivity index (χ2v) is 10.2. The zero-order chi connectivity index (χ0) is 24.0. The zero-order valence-corrected chi connectivity index (χ0v) is 20.6. The molecular formula is C27H31N5O2S. The minimum Gasteiger partial charge on any atom is -0.338 e. The molecule has 3 aromatic rings. The zero-order valence-electron chi connectivity index (χ0n) is 19.8. The SMILES string of the molecule is O=C(C1CC(N(Cc2ccccc2)Cc2cccs2)CN1C(=O)c1cccnc1)N1CCNCC1. The average molecular weight is 490 g/mol. The highest BCUT2D eigenvalue weighted by Gasteiger charge is 2.43. The van der Waals surface area contributed by atoms with Crippen molar-refractivity contribution < 1.29 is 9.59 Å². The van der Waals surface area contributed by atoms with Gasteiger partial charge in [0.25, 0.3) is 5.91 Å². The van der Waals surface area contributed by atoms with Gasteiger partial charge in [0.15, 0.2) is 0 Å². The van der Waals surface area contributed by atoms with Crippen LogP contribution in [-0.2, 0) is 17.9 Å². The minimum atomic E-state index is -0.465. The standard InChI is InChI=1S/C27H31N5O2S/c33-26(22-8-4-10-29-17-22)32-19-23(16-25(32)27(34)30-13-11-28-12-14-30)31(20-24-9-5-15-35-24)18-21-6-2-1-3-7-21/h1-10,15,17,23,25,28H,11-14,16,18-20H2. The highest BCUT2D eigenvalue weighted by Crippen LogP contribution is 2.29. The maximum absolute atomic E-state index is 13.7. The Hall–Kier alpha value is -3.07. The van der Waals surface area contributed by atoms with Gasteiger partial charge in [0.1, 0.15) is 6.04 Å². The molecule has 1 N–H and O–H groups in total. The van der Waals surface area contributed by atoms with Crippen molar-refractivity contribution >= 4 is 23.2 Å². The fraction of sp³-hybridized carbons (Fsp3) is 0.370. The summed E-state index contributed by atoms with van der Waals surface area (Å²) < 4.78 is 0. The first-order chi connectivity index (χ1) is 17.2. The van der Waals surface area contributed by atoms with Gasteiger partial charge in [0, 0.05) is 69.1 Å². The van der Waals surface area contributed by atoms with E-state index >= 15 is 0 Å². The van der Waals surface area contributed by atoms with Crippen molar-refractivity contribution in [1.29, 1.82) is 0 Å². The third kappa shape index (κ3) is 5.61. The number of thiophene rings is 1. The Morgan fingerprint density at radius 1 is 1.03 bits per heavy atom. The molecule has 7 nitrogen and oxygen atoms in total. The molecule has 5 rings (SSSR count). The average Bonchev–Trinajstić information content (AvgIpc) is 3.59. The Kier molecular flexibility index (Phi) is 7.51. The van der Waals surface area contributed by atoms with E-state index in [0.717, 1.165) is 26.2 Å². The van der Waals surface area contributed by atoms with Crippen LogP contribution in [0.4, 0.5) is 0 Å². The largest absolute Gasteiger partial charge is 0.338 e. The molecule has 182 valence electrons. The van der Waals surface area contributed by atoms with Crippen LogP contribution in [0.3, 0.4) is 0 Å². The van der Waals surface area contributed by atoms with Crippen LogP contribution in [-0.4, -0.2) is 76.3 Å². The molecule has 2 atom stereocenters. The number of hydrogen-bond donors (Lipinski definition) is 1. The van der Waals surface area contributed by atoms with Crippen molar-refractivity contribution in [3.8, 4) is 0 Å². The van der Waals surface area contributed by atoms with Gasteiger partial charge >= 0.3 is 0 Å². The van der Waals surface area contributed by atoms with Crippen LogP contribution >= 0.6 is 11.3 Å². The van der Waals surface area contributed by atoms with Crippen molar-refractivity contribution in [3.05, 3.63) is 88.4 Å². The summed E-state index contributed by atoms with van der Waals surface area (Å²) >= 11 is 1.74. The molecule has 2 aliphatic rings. The number of hydrogen-bond acceptors (Lipinski definition) is 6. The number of carbonyl (C=O) groups excluding carboxylic acids is 2. The van der Waals surface area contributed by atoms with Crippen LogP contribution in [0.25, 0.3) is 0 Å². The molecule has 2 amide bonds. The molecule has 0 spiro atoms. The molecule has 0 saturated carbocycles. The molecule has 35 heavy (non-hydrogen) atoms. The Bertz CT molecular complexity index is 1100. The fourth-order valence-electron chi connectivity index (χ4n) is 5.02. The molecule has 0 aliphatic carbocycles. The van der Waals surface area contributed by atoms with E-state index in [9.17, 15) is 9.59 Å². The summed E-state index contributed by atoms with van der Waals surface area (Å²) in [5, 5.41) is 5.41. The number of pyridine rings is 1. The first-order valence-electron chi connectivity index (χ1n) is 12.2.